The molecule has 3 rings (SSSR count). The van der Waals surface area contributed by atoms with Crippen LogP contribution in [0.25, 0.3) is 0 Å². The average Bonchev–Trinajstić information content (AvgIpc) is 3.29. The zero-order valence-electron chi connectivity index (χ0n) is 19.3. The summed E-state index contributed by atoms with van der Waals surface area (Å²) in [6.07, 6.45) is 1.94. The zero-order valence-corrected chi connectivity index (χ0v) is 19.3. The standard InChI is InChI=1S/C21H26N2O3.C4H4O4/c1-16(2)22-13-20(24)23(12-11-17-7-4-3-5-8-17)14-18-9-6-10-19-21(18)26-15-25-19;5-3(6)1-2-4(7)8/h3-10,16,22H,11-15H2,1-2H3;1-2H,(H,5,6)(H,7,8)/b;2-1-. The van der Waals surface area contributed by atoms with Gasteiger partial charge in [0, 0.05) is 36.8 Å². The molecule has 2 aromatic rings. The Morgan fingerprint density at radius 2 is 1.68 bits per heavy atom. The predicted molar refractivity (Wildman–Crippen MR) is 126 cm³/mol. The first-order valence-corrected chi connectivity index (χ1v) is 10.8. The van der Waals surface area contributed by atoms with Crippen LogP contribution in [0.2, 0.25) is 0 Å². The molecule has 0 saturated heterocycles. The van der Waals surface area contributed by atoms with Gasteiger partial charge >= 0.3 is 11.9 Å². The summed E-state index contributed by atoms with van der Waals surface area (Å²) in [6, 6.07) is 16.3. The van der Waals surface area contributed by atoms with E-state index in [1.54, 1.807) is 0 Å². The van der Waals surface area contributed by atoms with Crippen LogP contribution in [0.3, 0.4) is 0 Å². The third kappa shape index (κ3) is 9.33. The lowest BCUT2D eigenvalue weighted by molar-refractivity contribution is -0.134. The smallest absolute Gasteiger partial charge is 0.328 e. The molecule has 2 aromatic carbocycles. The number of carboxylic acids is 2. The van der Waals surface area contributed by atoms with Gasteiger partial charge in [0.1, 0.15) is 0 Å². The van der Waals surface area contributed by atoms with Gasteiger partial charge in [0.25, 0.3) is 0 Å². The molecule has 0 saturated carbocycles. The molecular formula is C25H30N2O7. The van der Waals surface area contributed by atoms with E-state index in [0.29, 0.717) is 31.8 Å². The number of fused-ring (bicyclic) bond motifs is 1. The number of nitrogens with zero attached hydrogens (tertiary/aromatic N) is 1. The monoisotopic (exact) mass is 470 g/mol. The minimum atomic E-state index is -1.26. The SMILES string of the molecule is CC(C)NCC(=O)N(CCc1ccccc1)Cc1cccc2c1OCO2.O=C(O)/C=C\C(=O)O. The molecule has 1 heterocycles. The Morgan fingerprint density at radius 3 is 2.29 bits per heavy atom. The molecule has 0 atom stereocenters. The van der Waals surface area contributed by atoms with E-state index < -0.39 is 11.9 Å². The van der Waals surface area contributed by atoms with Crippen molar-refractivity contribution >= 4 is 17.8 Å². The molecule has 0 bridgehead atoms. The van der Waals surface area contributed by atoms with E-state index in [9.17, 15) is 14.4 Å². The normalized spacial score (nSPS) is 11.7. The number of carbonyl (C=O) groups is 3. The van der Waals surface area contributed by atoms with Crippen LogP contribution >= 0.6 is 0 Å². The van der Waals surface area contributed by atoms with Gasteiger partial charge in [-0.2, -0.15) is 0 Å². The van der Waals surface area contributed by atoms with Crippen LogP contribution in [0, 0.1) is 0 Å². The number of hydrogen-bond acceptors (Lipinski definition) is 6. The van der Waals surface area contributed by atoms with Gasteiger partial charge in [-0.25, -0.2) is 9.59 Å². The molecule has 34 heavy (non-hydrogen) atoms. The number of aliphatic carboxylic acids is 2. The second-order valence-electron chi connectivity index (χ2n) is 7.75. The third-order valence-corrected chi connectivity index (χ3v) is 4.74. The number of para-hydroxylation sites is 1. The van der Waals surface area contributed by atoms with Crippen molar-refractivity contribution in [3.8, 4) is 11.5 Å². The number of amides is 1. The summed E-state index contributed by atoms with van der Waals surface area (Å²) in [7, 11) is 0. The second kappa shape index (κ2) is 13.6. The lowest BCUT2D eigenvalue weighted by Gasteiger charge is -2.24. The number of hydrogen-bond donors (Lipinski definition) is 3. The fourth-order valence-electron chi connectivity index (χ4n) is 3.07. The van der Waals surface area contributed by atoms with Crippen molar-refractivity contribution in [3.05, 3.63) is 71.8 Å². The number of carbonyl (C=O) groups excluding carboxylic acids is 1. The van der Waals surface area contributed by atoms with Crippen LogP contribution in [-0.4, -0.2) is 58.9 Å². The second-order valence-corrected chi connectivity index (χ2v) is 7.75. The Morgan fingerprint density at radius 1 is 1.00 bits per heavy atom. The number of nitrogens with one attached hydrogen (secondary N) is 1. The van der Waals surface area contributed by atoms with Crippen molar-refractivity contribution in [2.45, 2.75) is 32.9 Å². The zero-order chi connectivity index (χ0) is 24.9. The molecule has 1 aliphatic heterocycles. The Kier molecular flexibility index (Phi) is 10.6. The maximum absolute atomic E-state index is 12.8. The molecule has 1 amide bonds. The minimum absolute atomic E-state index is 0.0890. The minimum Gasteiger partial charge on any atom is -0.478 e. The average molecular weight is 471 g/mol. The molecular weight excluding hydrogens is 440 g/mol. The summed E-state index contributed by atoms with van der Waals surface area (Å²) in [4.78, 5) is 33.8. The highest BCUT2D eigenvalue weighted by Gasteiger charge is 2.21. The quantitative estimate of drug-likeness (QED) is 0.453. The maximum Gasteiger partial charge on any atom is 0.328 e. The molecule has 0 spiro atoms. The van der Waals surface area contributed by atoms with Crippen molar-refractivity contribution in [2.75, 3.05) is 19.9 Å². The van der Waals surface area contributed by atoms with Gasteiger partial charge in [-0.3, -0.25) is 4.79 Å². The molecule has 0 aromatic heterocycles. The Balaban J connectivity index is 0.000000440. The molecule has 0 fully saturated rings. The van der Waals surface area contributed by atoms with Crippen molar-refractivity contribution in [1.29, 1.82) is 0 Å². The number of benzene rings is 2. The van der Waals surface area contributed by atoms with Gasteiger partial charge in [0.15, 0.2) is 11.5 Å². The molecule has 9 heteroatoms. The Bertz CT molecular complexity index is 974. The first-order chi connectivity index (χ1) is 16.3. The lowest BCUT2D eigenvalue weighted by atomic mass is 10.1. The highest BCUT2D eigenvalue weighted by Crippen LogP contribution is 2.35. The summed E-state index contributed by atoms with van der Waals surface area (Å²) < 4.78 is 11.0. The largest absolute Gasteiger partial charge is 0.478 e. The molecule has 1 aliphatic rings. The summed E-state index contributed by atoms with van der Waals surface area (Å²) in [5, 5.41) is 18.8. The van der Waals surface area contributed by atoms with Gasteiger partial charge in [-0.15, -0.1) is 0 Å². The maximum atomic E-state index is 12.8. The topological polar surface area (TPSA) is 125 Å². The molecule has 182 valence electrons. The van der Waals surface area contributed by atoms with Crippen LogP contribution in [0.15, 0.2) is 60.7 Å². The van der Waals surface area contributed by atoms with E-state index in [0.717, 1.165) is 23.5 Å². The van der Waals surface area contributed by atoms with Crippen LogP contribution in [-0.2, 0) is 27.3 Å². The van der Waals surface area contributed by atoms with Gasteiger partial charge in [-0.1, -0.05) is 56.3 Å². The van der Waals surface area contributed by atoms with Crippen LogP contribution < -0.4 is 14.8 Å². The fourth-order valence-corrected chi connectivity index (χ4v) is 3.07. The van der Waals surface area contributed by atoms with Crippen LogP contribution in [0.4, 0.5) is 0 Å². The van der Waals surface area contributed by atoms with E-state index in [4.69, 9.17) is 19.7 Å². The van der Waals surface area contributed by atoms with Crippen molar-refractivity contribution in [3.63, 3.8) is 0 Å². The Labute approximate surface area is 198 Å². The van der Waals surface area contributed by atoms with Gasteiger partial charge in [-0.05, 0) is 18.1 Å². The van der Waals surface area contributed by atoms with E-state index in [1.165, 1.54) is 5.56 Å². The molecule has 9 nitrogen and oxygen atoms in total. The molecule has 0 aliphatic carbocycles. The number of ether oxygens (including phenoxy) is 2. The first kappa shape index (κ1) is 26.4. The van der Waals surface area contributed by atoms with E-state index >= 15 is 0 Å². The lowest BCUT2D eigenvalue weighted by Crippen LogP contribution is -2.40. The van der Waals surface area contributed by atoms with Crippen molar-refractivity contribution in [2.24, 2.45) is 0 Å². The van der Waals surface area contributed by atoms with Gasteiger partial charge in [0.2, 0.25) is 12.7 Å². The van der Waals surface area contributed by atoms with Crippen molar-refractivity contribution in [1.82, 2.24) is 10.2 Å². The van der Waals surface area contributed by atoms with E-state index in [2.05, 4.69) is 17.4 Å². The van der Waals surface area contributed by atoms with Gasteiger partial charge < -0.3 is 29.9 Å². The van der Waals surface area contributed by atoms with E-state index in [-0.39, 0.29) is 18.7 Å². The number of carboxylic acid groups (broad SMARTS) is 2. The first-order valence-electron chi connectivity index (χ1n) is 10.8. The summed E-state index contributed by atoms with van der Waals surface area (Å²) in [5.74, 6) is -0.925. The summed E-state index contributed by atoms with van der Waals surface area (Å²) in [5.41, 5.74) is 2.20. The summed E-state index contributed by atoms with van der Waals surface area (Å²) >= 11 is 0. The highest BCUT2D eigenvalue weighted by molar-refractivity contribution is 5.89. The number of rotatable bonds is 10. The predicted octanol–water partition coefficient (Wildman–Crippen LogP) is 2.70. The summed E-state index contributed by atoms with van der Waals surface area (Å²) in [6.45, 7) is 5.82. The highest BCUT2D eigenvalue weighted by atomic mass is 16.7. The third-order valence-electron chi connectivity index (χ3n) is 4.74. The Hall–Kier alpha value is -3.85. The van der Waals surface area contributed by atoms with Crippen LogP contribution in [0.5, 0.6) is 11.5 Å². The fraction of sp³-hybridized carbons (Fsp3) is 0.320. The van der Waals surface area contributed by atoms with Gasteiger partial charge in [0.05, 0.1) is 6.54 Å². The van der Waals surface area contributed by atoms with Crippen molar-refractivity contribution < 1.29 is 34.1 Å². The molecule has 0 radical (unpaired) electrons. The molecule has 3 N–H and O–H groups in total. The van der Waals surface area contributed by atoms with Crippen LogP contribution in [0.1, 0.15) is 25.0 Å². The molecule has 0 unspecified atom stereocenters. The van der Waals surface area contributed by atoms with E-state index in [1.807, 2.05) is 55.1 Å².